The van der Waals surface area contributed by atoms with E-state index < -0.39 is 0 Å². The Morgan fingerprint density at radius 1 is 1.73 bits per heavy atom. The summed E-state index contributed by atoms with van der Waals surface area (Å²) in [6.45, 7) is 1.38. The Labute approximate surface area is 68.0 Å². The van der Waals surface area contributed by atoms with E-state index in [1.165, 1.54) is 18.7 Å². The van der Waals surface area contributed by atoms with Crippen LogP contribution in [0, 0.1) is 0 Å². The first kappa shape index (κ1) is 8.06. The van der Waals surface area contributed by atoms with Gasteiger partial charge in [-0.25, -0.2) is 0 Å². The molecule has 0 aliphatic carbocycles. The monoisotopic (exact) mass is 172 g/mol. The molecular formula is C5H8N4OS. The average molecular weight is 172 g/mol. The quantitative estimate of drug-likeness (QED) is 0.614. The average Bonchev–Trinajstić information content (AvgIpc) is 2.30. The van der Waals surface area contributed by atoms with Gasteiger partial charge in [0, 0.05) is 6.92 Å². The largest absolute Gasteiger partial charge is 0.368 e. The molecule has 0 amide bonds. The highest BCUT2D eigenvalue weighted by Crippen LogP contribution is 2.10. The highest BCUT2D eigenvalue weighted by Gasteiger charge is 2.07. The second-order valence-electron chi connectivity index (χ2n) is 1.89. The number of anilines is 1. The van der Waals surface area contributed by atoms with Crippen LogP contribution in [-0.4, -0.2) is 26.9 Å². The first-order chi connectivity index (χ1) is 5.15. The number of hydrogen-bond acceptors (Lipinski definition) is 5. The van der Waals surface area contributed by atoms with Gasteiger partial charge in [-0.05, 0) is 6.26 Å². The third kappa shape index (κ3) is 1.51. The number of hydrogen-bond donors (Lipinski definition) is 1. The van der Waals surface area contributed by atoms with Crippen molar-refractivity contribution < 1.29 is 4.79 Å². The van der Waals surface area contributed by atoms with Crippen LogP contribution >= 0.6 is 11.8 Å². The minimum absolute atomic E-state index is 0.141. The summed E-state index contributed by atoms with van der Waals surface area (Å²) in [6, 6.07) is 0. The van der Waals surface area contributed by atoms with E-state index in [1.807, 2.05) is 6.26 Å². The minimum atomic E-state index is -0.227. The van der Waals surface area contributed by atoms with Crippen LogP contribution in [0.4, 0.5) is 5.95 Å². The molecule has 0 unspecified atom stereocenters. The molecule has 0 spiro atoms. The minimum Gasteiger partial charge on any atom is -0.368 e. The maximum Gasteiger partial charge on any atom is 0.246 e. The van der Waals surface area contributed by atoms with Gasteiger partial charge in [0.05, 0.1) is 0 Å². The molecule has 6 heteroatoms. The Kier molecular flexibility index (Phi) is 2.13. The summed E-state index contributed by atoms with van der Waals surface area (Å²) < 4.78 is 1.08. The molecule has 60 valence electrons. The fourth-order valence-corrected chi connectivity index (χ4v) is 0.971. The molecule has 0 saturated heterocycles. The number of nitrogens with zero attached hydrogens (tertiary/aromatic N) is 3. The summed E-state index contributed by atoms with van der Waals surface area (Å²) in [5.41, 5.74) is 5.37. The van der Waals surface area contributed by atoms with E-state index in [0.29, 0.717) is 5.16 Å². The summed E-state index contributed by atoms with van der Waals surface area (Å²) in [5, 5.41) is 4.33. The van der Waals surface area contributed by atoms with Crippen LogP contribution < -0.4 is 5.73 Å². The number of nitrogen functional groups attached to an aromatic ring is 1. The molecule has 0 saturated carbocycles. The maximum absolute atomic E-state index is 10.8. The predicted octanol–water partition coefficient (Wildman–Crippen LogP) is 0.242. The first-order valence-electron chi connectivity index (χ1n) is 2.92. The summed E-state index contributed by atoms with van der Waals surface area (Å²) in [6.07, 6.45) is 1.82. The number of thioether (sulfide) groups is 1. The van der Waals surface area contributed by atoms with Gasteiger partial charge in [0.2, 0.25) is 17.0 Å². The van der Waals surface area contributed by atoms with Crippen molar-refractivity contribution in [3.63, 3.8) is 0 Å². The van der Waals surface area contributed by atoms with Gasteiger partial charge in [-0.1, -0.05) is 11.8 Å². The third-order valence-corrected chi connectivity index (χ3v) is 1.63. The second kappa shape index (κ2) is 2.91. The van der Waals surface area contributed by atoms with E-state index in [4.69, 9.17) is 5.73 Å². The van der Waals surface area contributed by atoms with E-state index in [9.17, 15) is 4.79 Å². The van der Waals surface area contributed by atoms with Crippen LogP contribution in [-0.2, 0) is 0 Å². The smallest absolute Gasteiger partial charge is 0.246 e. The fraction of sp³-hybridized carbons (Fsp3) is 0.400. The zero-order valence-electron chi connectivity index (χ0n) is 6.24. The van der Waals surface area contributed by atoms with Crippen LogP contribution in [0.25, 0.3) is 0 Å². The fourth-order valence-electron chi connectivity index (χ4n) is 0.623. The molecule has 0 bridgehead atoms. The number of carbonyl (C=O) groups excluding carboxylic acids is 1. The van der Waals surface area contributed by atoms with Gasteiger partial charge in [-0.3, -0.25) is 4.79 Å². The van der Waals surface area contributed by atoms with Crippen LogP contribution in [0.5, 0.6) is 0 Å². The van der Waals surface area contributed by atoms with E-state index in [-0.39, 0.29) is 11.9 Å². The molecule has 1 aromatic heterocycles. The molecule has 1 heterocycles. The summed E-state index contributed by atoms with van der Waals surface area (Å²) in [7, 11) is 0. The molecule has 2 N–H and O–H groups in total. The Morgan fingerprint density at radius 2 is 2.36 bits per heavy atom. The lowest BCUT2D eigenvalue weighted by Crippen LogP contribution is -2.10. The van der Waals surface area contributed by atoms with Gasteiger partial charge < -0.3 is 5.73 Å². The van der Waals surface area contributed by atoms with Crippen molar-refractivity contribution in [3.05, 3.63) is 0 Å². The Bertz CT molecular complexity index is 282. The Balaban J connectivity index is 3.07. The highest BCUT2D eigenvalue weighted by molar-refractivity contribution is 7.98. The zero-order chi connectivity index (χ0) is 8.43. The molecule has 11 heavy (non-hydrogen) atoms. The molecule has 0 fully saturated rings. The molecule has 0 radical (unpaired) electrons. The van der Waals surface area contributed by atoms with Crippen molar-refractivity contribution >= 4 is 23.6 Å². The Morgan fingerprint density at radius 3 is 2.64 bits per heavy atom. The van der Waals surface area contributed by atoms with Crippen LogP contribution in [0.3, 0.4) is 0 Å². The van der Waals surface area contributed by atoms with E-state index in [0.717, 1.165) is 4.68 Å². The molecule has 0 atom stereocenters. The lowest BCUT2D eigenvalue weighted by atomic mass is 10.7. The van der Waals surface area contributed by atoms with Crippen LogP contribution in [0.15, 0.2) is 5.16 Å². The topological polar surface area (TPSA) is 73.8 Å². The third-order valence-electron chi connectivity index (χ3n) is 1.09. The first-order valence-corrected chi connectivity index (χ1v) is 4.15. The SMILES string of the molecule is CSc1nc(N)n(C(C)=O)n1. The molecule has 0 aliphatic heterocycles. The number of carbonyl (C=O) groups is 1. The predicted molar refractivity (Wildman–Crippen MR) is 42.5 cm³/mol. The van der Waals surface area contributed by atoms with E-state index >= 15 is 0 Å². The highest BCUT2D eigenvalue weighted by atomic mass is 32.2. The van der Waals surface area contributed by atoms with E-state index in [2.05, 4.69) is 10.1 Å². The summed E-state index contributed by atoms with van der Waals surface area (Å²) >= 11 is 1.35. The lowest BCUT2D eigenvalue weighted by Gasteiger charge is -1.91. The van der Waals surface area contributed by atoms with Crippen molar-refractivity contribution in [2.45, 2.75) is 12.1 Å². The number of aromatic nitrogens is 3. The van der Waals surface area contributed by atoms with Crippen molar-refractivity contribution in [3.8, 4) is 0 Å². The normalized spacial score (nSPS) is 10.0. The molecule has 0 aromatic carbocycles. The molecular weight excluding hydrogens is 164 g/mol. The van der Waals surface area contributed by atoms with Crippen molar-refractivity contribution in [1.29, 1.82) is 0 Å². The molecule has 1 rings (SSSR count). The standard InChI is InChI=1S/C5H8N4OS/c1-3(10)9-4(6)7-5(8-9)11-2/h1-2H3,(H2,6,7,8). The number of rotatable bonds is 1. The lowest BCUT2D eigenvalue weighted by molar-refractivity contribution is 0.0922. The van der Waals surface area contributed by atoms with Gasteiger partial charge in [0.15, 0.2) is 0 Å². The van der Waals surface area contributed by atoms with Crippen LogP contribution in [0.2, 0.25) is 0 Å². The zero-order valence-corrected chi connectivity index (χ0v) is 7.05. The maximum atomic E-state index is 10.8. The van der Waals surface area contributed by atoms with Crippen molar-refractivity contribution in [2.24, 2.45) is 0 Å². The van der Waals surface area contributed by atoms with Gasteiger partial charge in [0.1, 0.15) is 0 Å². The Hall–Kier alpha value is -1.04. The van der Waals surface area contributed by atoms with Gasteiger partial charge in [0.25, 0.3) is 0 Å². The molecule has 5 nitrogen and oxygen atoms in total. The summed E-state index contributed by atoms with van der Waals surface area (Å²) in [5.74, 6) is -0.0860. The van der Waals surface area contributed by atoms with Gasteiger partial charge in [-0.15, -0.1) is 5.10 Å². The van der Waals surface area contributed by atoms with Crippen molar-refractivity contribution in [2.75, 3.05) is 12.0 Å². The van der Waals surface area contributed by atoms with Crippen LogP contribution in [0.1, 0.15) is 11.7 Å². The van der Waals surface area contributed by atoms with Gasteiger partial charge >= 0.3 is 0 Å². The molecule has 0 aliphatic rings. The summed E-state index contributed by atoms with van der Waals surface area (Å²) in [4.78, 5) is 14.6. The van der Waals surface area contributed by atoms with E-state index in [1.54, 1.807) is 0 Å². The van der Waals surface area contributed by atoms with Gasteiger partial charge in [-0.2, -0.15) is 9.67 Å². The number of nitrogens with two attached hydrogens (primary N) is 1. The van der Waals surface area contributed by atoms with Crippen molar-refractivity contribution in [1.82, 2.24) is 14.8 Å². The second-order valence-corrected chi connectivity index (χ2v) is 2.66. The molecule has 1 aromatic rings.